The van der Waals surface area contributed by atoms with Gasteiger partial charge in [-0.1, -0.05) is 18.7 Å². The minimum absolute atomic E-state index is 0.0245. The van der Waals surface area contributed by atoms with E-state index in [1.54, 1.807) is 37.7 Å². The van der Waals surface area contributed by atoms with Gasteiger partial charge in [-0.15, -0.1) is 11.3 Å². The average Bonchev–Trinajstić information content (AvgIpc) is 3.32. The highest BCUT2D eigenvalue weighted by Gasteiger charge is 2.46. The van der Waals surface area contributed by atoms with Crippen molar-refractivity contribution in [1.82, 2.24) is 5.32 Å². The molecule has 6 nitrogen and oxygen atoms in total. The highest BCUT2D eigenvalue weighted by Crippen LogP contribution is 2.49. The average molecular weight is 440 g/mol. The molecule has 0 saturated carbocycles. The summed E-state index contributed by atoms with van der Waals surface area (Å²) in [6.45, 7) is 4.11. The first-order chi connectivity index (χ1) is 15.0. The van der Waals surface area contributed by atoms with Crippen molar-refractivity contribution in [3.8, 4) is 11.5 Å². The Morgan fingerprint density at radius 2 is 1.97 bits per heavy atom. The van der Waals surface area contributed by atoms with E-state index in [0.717, 1.165) is 11.3 Å². The van der Waals surface area contributed by atoms with Crippen molar-refractivity contribution in [3.63, 3.8) is 0 Å². The summed E-state index contributed by atoms with van der Waals surface area (Å²) in [6, 6.07) is 9.47. The Balaban J connectivity index is 1.86. The second-order valence-electron chi connectivity index (χ2n) is 7.67. The molecule has 2 aromatic rings. The SMILES string of the molecule is C=C1NC2=C(C(=O)CC(c3cccs3)C2)C(c2ccc(OC)cc2OC)C1C(=O)OC. The summed E-state index contributed by atoms with van der Waals surface area (Å²) in [5.74, 6) is -0.420. The zero-order valence-corrected chi connectivity index (χ0v) is 18.6. The molecule has 7 heteroatoms. The van der Waals surface area contributed by atoms with Crippen LogP contribution in [0.4, 0.5) is 0 Å². The third-order valence-electron chi connectivity index (χ3n) is 6.02. The molecule has 2 heterocycles. The Bertz CT molecular complexity index is 1060. The standard InChI is InChI=1S/C24H25NO5S/c1-13-21(24(27)30-4)22(16-8-7-15(28-2)12-19(16)29-3)23-17(25-13)10-14(11-18(23)26)20-6-5-9-31-20/h5-9,12,14,21-22,25H,1,10-11H2,2-4H3. The fraction of sp³-hybridized carbons (Fsp3) is 0.333. The summed E-state index contributed by atoms with van der Waals surface area (Å²) in [4.78, 5) is 27.4. The topological polar surface area (TPSA) is 73.9 Å². The molecule has 1 aromatic heterocycles. The molecule has 0 spiro atoms. The van der Waals surface area contributed by atoms with Crippen LogP contribution < -0.4 is 14.8 Å². The normalized spacial score (nSPS) is 23.1. The van der Waals surface area contributed by atoms with Gasteiger partial charge in [0, 0.05) is 51.7 Å². The molecule has 2 aliphatic rings. The minimum Gasteiger partial charge on any atom is -0.497 e. The molecule has 0 fully saturated rings. The number of nitrogens with one attached hydrogen (secondary N) is 1. The third kappa shape index (κ3) is 3.74. The highest BCUT2D eigenvalue weighted by molar-refractivity contribution is 7.10. The number of carbonyl (C=O) groups excluding carboxylic acids is 2. The predicted molar refractivity (Wildman–Crippen MR) is 118 cm³/mol. The van der Waals surface area contributed by atoms with Gasteiger partial charge in [0.05, 0.1) is 21.3 Å². The van der Waals surface area contributed by atoms with Crippen LogP contribution >= 0.6 is 11.3 Å². The number of rotatable bonds is 5. The number of allylic oxidation sites excluding steroid dienone is 2. The quantitative estimate of drug-likeness (QED) is 0.706. The van der Waals surface area contributed by atoms with Crippen molar-refractivity contribution in [2.45, 2.75) is 24.7 Å². The molecular weight excluding hydrogens is 414 g/mol. The Hall–Kier alpha value is -3.06. The van der Waals surface area contributed by atoms with Crippen molar-refractivity contribution < 1.29 is 23.8 Å². The smallest absolute Gasteiger partial charge is 0.315 e. The first kappa shape index (κ1) is 21.2. The van der Waals surface area contributed by atoms with Crippen LogP contribution in [0.15, 0.2) is 59.3 Å². The molecule has 1 N–H and O–H groups in total. The number of thiophene rings is 1. The van der Waals surface area contributed by atoms with Gasteiger partial charge in [-0.25, -0.2) is 0 Å². The molecule has 0 radical (unpaired) electrons. The summed E-state index contributed by atoms with van der Waals surface area (Å²) in [5.41, 5.74) is 2.69. The summed E-state index contributed by atoms with van der Waals surface area (Å²) >= 11 is 1.66. The first-order valence-corrected chi connectivity index (χ1v) is 10.9. The fourth-order valence-corrected chi connectivity index (χ4v) is 5.42. The van der Waals surface area contributed by atoms with Crippen LogP contribution in [-0.4, -0.2) is 33.1 Å². The van der Waals surface area contributed by atoms with E-state index in [-0.39, 0.29) is 11.7 Å². The van der Waals surface area contributed by atoms with Crippen LogP contribution in [0.2, 0.25) is 0 Å². The first-order valence-electron chi connectivity index (χ1n) is 10.0. The van der Waals surface area contributed by atoms with Gasteiger partial charge in [0.25, 0.3) is 0 Å². The minimum atomic E-state index is -0.742. The van der Waals surface area contributed by atoms with Gasteiger partial charge in [-0.05, 0) is 23.9 Å². The maximum Gasteiger partial charge on any atom is 0.315 e. The van der Waals surface area contributed by atoms with Gasteiger partial charge in [-0.2, -0.15) is 0 Å². The Morgan fingerprint density at radius 1 is 1.16 bits per heavy atom. The number of ketones is 1. The Kier molecular flexibility index (Phi) is 5.87. The highest BCUT2D eigenvalue weighted by atomic mass is 32.1. The van der Waals surface area contributed by atoms with Crippen LogP contribution in [0.1, 0.15) is 35.1 Å². The van der Waals surface area contributed by atoms with E-state index < -0.39 is 17.8 Å². The van der Waals surface area contributed by atoms with Crippen molar-refractivity contribution in [2.24, 2.45) is 5.92 Å². The number of carbonyl (C=O) groups is 2. The molecule has 31 heavy (non-hydrogen) atoms. The van der Waals surface area contributed by atoms with Crippen LogP contribution in [-0.2, 0) is 14.3 Å². The largest absolute Gasteiger partial charge is 0.497 e. The zero-order valence-electron chi connectivity index (χ0n) is 17.8. The summed E-state index contributed by atoms with van der Waals surface area (Å²) in [7, 11) is 4.48. The van der Waals surface area contributed by atoms with E-state index >= 15 is 0 Å². The van der Waals surface area contributed by atoms with Crippen molar-refractivity contribution in [3.05, 3.63) is 69.7 Å². The second kappa shape index (κ2) is 8.59. The summed E-state index contributed by atoms with van der Waals surface area (Å²) in [6.07, 6.45) is 1.08. The zero-order chi connectivity index (χ0) is 22.1. The van der Waals surface area contributed by atoms with Crippen molar-refractivity contribution in [1.29, 1.82) is 0 Å². The van der Waals surface area contributed by atoms with E-state index in [1.807, 2.05) is 17.5 Å². The monoisotopic (exact) mass is 439 g/mol. The van der Waals surface area contributed by atoms with Crippen LogP contribution in [0.3, 0.4) is 0 Å². The van der Waals surface area contributed by atoms with E-state index in [0.29, 0.717) is 35.6 Å². The molecule has 3 atom stereocenters. The number of Topliss-reactive ketones (excluding diaryl/α,β-unsaturated/α-hetero) is 1. The van der Waals surface area contributed by atoms with E-state index in [2.05, 4.69) is 18.0 Å². The lowest BCUT2D eigenvalue weighted by Gasteiger charge is -2.40. The van der Waals surface area contributed by atoms with Crippen LogP contribution in [0, 0.1) is 5.92 Å². The molecule has 162 valence electrons. The fourth-order valence-electron chi connectivity index (χ4n) is 4.59. The number of hydrogen-bond acceptors (Lipinski definition) is 7. The summed E-state index contributed by atoms with van der Waals surface area (Å²) in [5, 5.41) is 5.29. The molecule has 1 aliphatic carbocycles. The number of esters is 1. The van der Waals surface area contributed by atoms with Gasteiger partial charge < -0.3 is 19.5 Å². The maximum atomic E-state index is 13.5. The molecular formula is C24H25NO5S. The van der Waals surface area contributed by atoms with Crippen molar-refractivity contribution >= 4 is 23.1 Å². The van der Waals surface area contributed by atoms with Gasteiger partial charge >= 0.3 is 5.97 Å². The molecule has 0 saturated heterocycles. The second-order valence-corrected chi connectivity index (χ2v) is 8.65. The Morgan fingerprint density at radius 3 is 2.61 bits per heavy atom. The lowest BCUT2D eigenvalue weighted by Crippen LogP contribution is -2.42. The van der Waals surface area contributed by atoms with E-state index in [1.165, 1.54) is 12.0 Å². The predicted octanol–water partition coefficient (Wildman–Crippen LogP) is 4.16. The van der Waals surface area contributed by atoms with Crippen LogP contribution in [0.5, 0.6) is 11.5 Å². The molecule has 3 unspecified atom stereocenters. The maximum absolute atomic E-state index is 13.5. The number of hydrogen-bond donors (Lipinski definition) is 1. The Labute approximate surface area is 185 Å². The number of benzene rings is 1. The summed E-state index contributed by atoms with van der Waals surface area (Å²) < 4.78 is 16.0. The molecule has 1 aromatic carbocycles. The lowest BCUT2D eigenvalue weighted by molar-refractivity contribution is -0.144. The van der Waals surface area contributed by atoms with Gasteiger partial charge in [0.15, 0.2) is 5.78 Å². The molecule has 0 amide bonds. The lowest BCUT2D eigenvalue weighted by atomic mass is 9.69. The van der Waals surface area contributed by atoms with E-state index in [4.69, 9.17) is 14.2 Å². The third-order valence-corrected chi connectivity index (χ3v) is 7.05. The van der Waals surface area contributed by atoms with Gasteiger partial charge in [0.2, 0.25) is 0 Å². The van der Waals surface area contributed by atoms with Gasteiger partial charge in [-0.3, -0.25) is 9.59 Å². The number of ether oxygens (including phenoxy) is 3. The molecule has 4 rings (SSSR count). The molecule has 0 bridgehead atoms. The van der Waals surface area contributed by atoms with Gasteiger partial charge in [0.1, 0.15) is 17.4 Å². The van der Waals surface area contributed by atoms with E-state index in [9.17, 15) is 9.59 Å². The number of methoxy groups -OCH3 is 3. The van der Waals surface area contributed by atoms with Crippen LogP contribution in [0.25, 0.3) is 0 Å². The molecule has 1 aliphatic heterocycles. The van der Waals surface area contributed by atoms with Crippen molar-refractivity contribution in [2.75, 3.05) is 21.3 Å².